The molecular weight excluding hydrogens is 442 g/mol. The van der Waals surface area contributed by atoms with Crippen LogP contribution in [0.4, 0.5) is 0 Å². The third kappa shape index (κ3) is 7.68. The van der Waals surface area contributed by atoms with E-state index in [9.17, 15) is 5.11 Å². The summed E-state index contributed by atoms with van der Waals surface area (Å²) in [5, 5.41) is 15.5. The van der Waals surface area contributed by atoms with Crippen molar-refractivity contribution in [3.63, 3.8) is 0 Å². The topological polar surface area (TPSA) is 69.0 Å². The summed E-state index contributed by atoms with van der Waals surface area (Å²) in [5.41, 5.74) is 2.83. The van der Waals surface area contributed by atoms with Gasteiger partial charge in [-0.05, 0) is 18.1 Å². The molecule has 0 amide bonds. The van der Waals surface area contributed by atoms with Gasteiger partial charge in [0.15, 0.2) is 0 Å². The summed E-state index contributed by atoms with van der Waals surface area (Å²) in [7, 11) is 3.52. The molecule has 2 aromatic carbocycles. The van der Waals surface area contributed by atoms with Gasteiger partial charge >= 0.3 is 0 Å². The van der Waals surface area contributed by atoms with Crippen molar-refractivity contribution >= 4 is 0 Å². The Hall–Kier alpha value is -3.13. The maximum atomic E-state index is 10.6. The highest BCUT2D eigenvalue weighted by Crippen LogP contribution is 2.35. The molecule has 0 bridgehead atoms. The molecule has 7 heteroatoms. The van der Waals surface area contributed by atoms with Crippen molar-refractivity contribution in [3.8, 4) is 28.6 Å². The lowest BCUT2D eigenvalue weighted by molar-refractivity contribution is 0.0222. The molecule has 0 aliphatic heterocycles. The van der Waals surface area contributed by atoms with E-state index in [4.69, 9.17) is 19.3 Å². The number of aromatic nitrogens is 2. The summed E-state index contributed by atoms with van der Waals surface area (Å²) in [6.45, 7) is 10.5. The van der Waals surface area contributed by atoms with Gasteiger partial charge in [-0.1, -0.05) is 56.3 Å². The lowest BCUT2D eigenvalue weighted by Crippen LogP contribution is -2.37. The van der Waals surface area contributed by atoms with Gasteiger partial charge in [0.2, 0.25) is 5.88 Å². The molecule has 7 nitrogen and oxygen atoms in total. The van der Waals surface area contributed by atoms with Crippen LogP contribution in [0, 0.1) is 5.92 Å². The number of rotatable bonds is 14. The predicted octanol–water partition coefficient (Wildman–Crippen LogP) is 4.91. The Balaban J connectivity index is 1.96. The third-order valence-corrected chi connectivity index (χ3v) is 5.41. The minimum Gasteiger partial charge on any atom is -0.497 e. The van der Waals surface area contributed by atoms with Crippen LogP contribution in [0.5, 0.6) is 17.4 Å². The van der Waals surface area contributed by atoms with Crippen LogP contribution in [-0.2, 0) is 18.3 Å². The Morgan fingerprint density at radius 2 is 1.83 bits per heavy atom. The summed E-state index contributed by atoms with van der Waals surface area (Å²) in [5.74, 6) is 2.46. The normalized spacial score (nSPS) is 12.2. The minimum absolute atomic E-state index is 0.256. The molecule has 1 aromatic heterocycles. The van der Waals surface area contributed by atoms with Crippen molar-refractivity contribution in [3.05, 3.63) is 72.8 Å². The molecular formula is C28H37N3O4. The summed E-state index contributed by atoms with van der Waals surface area (Å²) >= 11 is 0. The summed E-state index contributed by atoms with van der Waals surface area (Å²) in [6.07, 6.45) is 1.07. The van der Waals surface area contributed by atoms with Crippen LogP contribution in [0.2, 0.25) is 0 Å². The predicted molar refractivity (Wildman–Crippen MR) is 139 cm³/mol. The highest BCUT2D eigenvalue weighted by Gasteiger charge is 2.24. The average Bonchev–Trinajstić information content (AvgIpc) is 3.14. The summed E-state index contributed by atoms with van der Waals surface area (Å²) in [4.78, 5) is 2.23. The summed E-state index contributed by atoms with van der Waals surface area (Å²) in [6, 6.07) is 17.6. The van der Waals surface area contributed by atoms with Crippen LogP contribution in [0.25, 0.3) is 11.3 Å². The molecule has 0 radical (unpaired) electrons. The van der Waals surface area contributed by atoms with Crippen molar-refractivity contribution in [2.75, 3.05) is 33.4 Å². The zero-order chi connectivity index (χ0) is 25.2. The van der Waals surface area contributed by atoms with Crippen LogP contribution in [-0.4, -0.2) is 59.3 Å². The van der Waals surface area contributed by atoms with E-state index < -0.39 is 6.10 Å². The first-order valence-electron chi connectivity index (χ1n) is 11.9. The van der Waals surface area contributed by atoms with Gasteiger partial charge in [0.1, 0.15) is 17.2 Å². The summed E-state index contributed by atoms with van der Waals surface area (Å²) < 4.78 is 19.0. The van der Waals surface area contributed by atoms with Crippen molar-refractivity contribution in [1.29, 1.82) is 0 Å². The zero-order valence-electron chi connectivity index (χ0n) is 21.2. The Labute approximate surface area is 208 Å². The number of methoxy groups -OCH3 is 1. The molecule has 1 N–H and O–H groups in total. The third-order valence-electron chi connectivity index (χ3n) is 5.41. The first-order chi connectivity index (χ1) is 16.9. The highest BCUT2D eigenvalue weighted by atomic mass is 16.5. The van der Waals surface area contributed by atoms with Gasteiger partial charge in [0.05, 0.1) is 32.0 Å². The van der Waals surface area contributed by atoms with Crippen molar-refractivity contribution in [2.24, 2.45) is 13.0 Å². The van der Waals surface area contributed by atoms with Gasteiger partial charge in [-0.3, -0.25) is 4.90 Å². The maximum Gasteiger partial charge on any atom is 0.222 e. The van der Waals surface area contributed by atoms with Gasteiger partial charge in [0, 0.05) is 38.3 Å². The molecule has 3 rings (SSSR count). The number of hydrogen-bond acceptors (Lipinski definition) is 6. The zero-order valence-corrected chi connectivity index (χ0v) is 21.2. The Bertz CT molecular complexity index is 1070. The number of hydrogen-bond donors (Lipinski definition) is 1. The monoisotopic (exact) mass is 479 g/mol. The number of nitrogens with zero attached hydrogens (tertiary/aromatic N) is 3. The molecule has 0 unspecified atom stereocenters. The van der Waals surface area contributed by atoms with Gasteiger partial charge in [-0.15, -0.1) is 6.58 Å². The van der Waals surface area contributed by atoms with E-state index in [-0.39, 0.29) is 6.61 Å². The SMILES string of the molecule is C=CCOC[C@H](O)CN(Cc1c(-c2ccccc2)nn(C)c1Oc1cccc(OC)c1)CC(C)C. The van der Waals surface area contributed by atoms with Gasteiger partial charge in [-0.2, -0.15) is 5.10 Å². The van der Waals surface area contributed by atoms with E-state index in [0.29, 0.717) is 37.2 Å². The van der Waals surface area contributed by atoms with Crippen molar-refractivity contribution < 1.29 is 19.3 Å². The smallest absolute Gasteiger partial charge is 0.222 e. The quantitative estimate of drug-likeness (QED) is 0.262. The van der Waals surface area contributed by atoms with Gasteiger partial charge < -0.3 is 19.3 Å². The van der Waals surface area contributed by atoms with Crippen LogP contribution < -0.4 is 9.47 Å². The minimum atomic E-state index is -0.617. The molecule has 1 heterocycles. The van der Waals surface area contributed by atoms with Crippen LogP contribution in [0.1, 0.15) is 19.4 Å². The fourth-order valence-corrected chi connectivity index (χ4v) is 4.01. The van der Waals surface area contributed by atoms with E-state index in [2.05, 4.69) is 25.3 Å². The first kappa shape index (κ1) is 26.5. The van der Waals surface area contributed by atoms with Crippen LogP contribution in [0.15, 0.2) is 67.3 Å². The van der Waals surface area contributed by atoms with E-state index in [1.54, 1.807) is 17.9 Å². The van der Waals surface area contributed by atoms with E-state index in [1.165, 1.54) is 0 Å². The molecule has 0 aliphatic carbocycles. The number of benzene rings is 2. The average molecular weight is 480 g/mol. The van der Waals surface area contributed by atoms with E-state index in [1.807, 2.05) is 61.6 Å². The standard InChI is InChI=1S/C28H37N3O4/c1-6-15-34-20-23(32)18-31(17-21(2)3)19-26-27(22-11-8-7-9-12-22)29-30(4)28(26)35-25-14-10-13-24(16-25)33-5/h6-14,16,21,23,32H,1,15,17-20H2,2-5H3/t23-/m1/s1. The van der Waals surface area contributed by atoms with Crippen molar-refractivity contribution in [2.45, 2.75) is 26.5 Å². The molecule has 0 saturated heterocycles. The molecule has 1 atom stereocenters. The largest absolute Gasteiger partial charge is 0.497 e. The lowest BCUT2D eigenvalue weighted by Gasteiger charge is -2.27. The Morgan fingerprint density at radius 3 is 2.51 bits per heavy atom. The Kier molecular flexibility index (Phi) is 9.90. The van der Waals surface area contributed by atoms with Crippen LogP contribution in [0.3, 0.4) is 0 Å². The molecule has 3 aromatic rings. The molecule has 0 saturated carbocycles. The fraction of sp³-hybridized carbons (Fsp3) is 0.393. The van der Waals surface area contributed by atoms with E-state index in [0.717, 1.165) is 29.1 Å². The number of aryl methyl sites for hydroxylation is 1. The number of aliphatic hydroxyl groups excluding tert-OH is 1. The van der Waals surface area contributed by atoms with Crippen LogP contribution >= 0.6 is 0 Å². The highest BCUT2D eigenvalue weighted by molar-refractivity contribution is 5.65. The fourth-order valence-electron chi connectivity index (χ4n) is 4.01. The second kappa shape index (κ2) is 13.1. The van der Waals surface area contributed by atoms with Gasteiger partial charge in [-0.25, -0.2) is 4.68 Å². The first-order valence-corrected chi connectivity index (χ1v) is 11.9. The molecule has 0 aliphatic rings. The van der Waals surface area contributed by atoms with E-state index >= 15 is 0 Å². The molecule has 0 spiro atoms. The number of ether oxygens (including phenoxy) is 3. The number of aliphatic hydroxyl groups is 1. The second-order valence-corrected chi connectivity index (χ2v) is 8.97. The molecule has 35 heavy (non-hydrogen) atoms. The molecule has 0 fully saturated rings. The van der Waals surface area contributed by atoms with Crippen molar-refractivity contribution in [1.82, 2.24) is 14.7 Å². The Morgan fingerprint density at radius 1 is 1.09 bits per heavy atom. The maximum absolute atomic E-state index is 10.6. The second-order valence-electron chi connectivity index (χ2n) is 8.97. The molecule has 188 valence electrons. The van der Waals surface area contributed by atoms with Gasteiger partial charge in [0.25, 0.3) is 0 Å². The lowest BCUT2D eigenvalue weighted by atomic mass is 10.1.